The molecule has 4 aromatic rings. The number of rotatable bonds is 10. The molecule has 1 unspecified atom stereocenters. The van der Waals surface area contributed by atoms with Crippen LogP contribution in [0.5, 0.6) is 0 Å². The maximum atomic E-state index is 13.4. The van der Waals surface area contributed by atoms with Gasteiger partial charge in [0.15, 0.2) is 5.43 Å². The van der Waals surface area contributed by atoms with E-state index in [0.29, 0.717) is 36.6 Å². The average Bonchev–Trinajstić information content (AvgIpc) is 2.90. The molecule has 198 valence electrons. The van der Waals surface area contributed by atoms with Gasteiger partial charge in [0, 0.05) is 69.9 Å². The second-order valence-electron chi connectivity index (χ2n) is 9.61. The van der Waals surface area contributed by atoms with Crippen LogP contribution < -0.4 is 21.4 Å². The number of fused-ring (bicyclic) bond motifs is 3. The summed E-state index contributed by atoms with van der Waals surface area (Å²) in [5.41, 5.74) is 4.11. The van der Waals surface area contributed by atoms with Crippen LogP contribution in [0.2, 0.25) is 5.02 Å². The van der Waals surface area contributed by atoms with Gasteiger partial charge in [0.2, 0.25) is 0 Å². The number of carboxylic acid groups (broad SMARTS) is 1. The summed E-state index contributed by atoms with van der Waals surface area (Å²) in [5, 5.41) is 22.0. The van der Waals surface area contributed by atoms with Gasteiger partial charge in [0.1, 0.15) is 0 Å². The first-order valence-corrected chi connectivity index (χ1v) is 14.0. The molecule has 0 aliphatic carbocycles. The Morgan fingerprint density at radius 1 is 1.16 bits per heavy atom. The molecule has 1 atom stereocenters. The number of halogens is 1. The van der Waals surface area contributed by atoms with Gasteiger partial charge >= 0.3 is 5.97 Å². The lowest BCUT2D eigenvalue weighted by molar-refractivity contribution is -0.138. The van der Waals surface area contributed by atoms with Gasteiger partial charge in [-0.3, -0.25) is 14.5 Å². The Morgan fingerprint density at radius 2 is 1.97 bits per heavy atom. The highest BCUT2D eigenvalue weighted by Crippen LogP contribution is 2.32. The van der Waals surface area contributed by atoms with E-state index in [4.69, 9.17) is 11.6 Å². The first-order valence-electron chi connectivity index (χ1n) is 12.8. The Labute approximate surface area is 230 Å². The normalized spacial score (nSPS) is 15.0. The molecule has 1 aliphatic rings. The van der Waals surface area contributed by atoms with Gasteiger partial charge in [-0.05, 0) is 54.8 Å². The van der Waals surface area contributed by atoms with E-state index in [2.05, 4.69) is 16.0 Å². The van der Waals surface area contributed by atoms with Crippen LogP contribution in [0.15, 0.2) is 59.4 Å². The van der Waals surface area contributed by atoms with E-state index in [-0.39, 0.29) is 18.0 Å². The van der Waals surface area contributed by atoms with E-state index >= 15 is 0 Å². The van der Waals surface area contributed by atoms with Crippen molar-refractivity contribution in [2.75, 3.05) is 49.9 Å². The average molecular weight is 551 g/mol. The maximum Gasteiger partial charge on any atom is 0.317 e. The number of nitrogens with one attached hydrogen (secondary N) is 3. The Morgan fingerprint density at radius 3 is 2.82 bits per heavy atom. The summed E-state index contributed by atoms with van der Waals surface area (Å²) in [5.74, 6) is -0.859. The summed E-state index contributed by atoms with van der Waals surface area (Å²) in [6, 6.07) is 17.7. The molecule has 1 aromatic heterocycles. The minimum absolute atomic E-state index is 0.0238. The predicted molar refractivity (Wildman–Crippen MR) is 158 cm³/mol. The van der Waals surface area contributed by atoms with Crippen molar-refractivity contribution >= 4 is 60.5 Å². The van der Waals surface area contributed by atoms with Crippen molar-refractivity contribution in [2.45, 2.75) is 19.4 Å². The van der Waals surface area contributed by atoms with Crippen LogP contribution in [0.25, 0.3) is 20.2 Å². The highest BCUT2D eigenvalue weighted by Gasteiger charge is 2.20. The Bertz CT molecular complexity index is 1540. The molecular weight excluding hydrogens is 520 g/mol. The van der Waals surface area contributed by atoms with Crippen molar-refractivity contribution in [1.29, 1.82) is 0 Å². The Kier molecular flexibility index (Phi) is 8.14. The molecule has 0 saturated heterocycles. The summed E-state index contributed by atoms with van der Waals surface area (Å²) in [6.07, 6.45) is 0.947. The minimum atomic E-state index is -0.859. The van der Waals surface area contributed by atoms with Crippen molar-refractivity contribution in [3.05, 3.63) is 81.0 Å². The maximum absolute atomic E-state index is 13.4. The first kappa shape index (κ1) is 26.4. The van der Waals surface area contributed by atoms with Crippen LogP contribution in [0.3, 0.4) is 0 Å². The van der Waals surface area contributed by atoms with Crippen molar-refractivity contribution in [1.82, 2.24) is 10.2 Å². The number of benzene rings is 3. The number of hydrogen-bond acceptors (Lipinski definition) is 7. The highest BCUT2D eigenvalue weighted by molar-refractivity contribution is 7.24. The van der Waals surface area contributed by atoms with Crippen molar-refractivity contribution in [3.63, 3.8) is 0 Å². The lowest BCUT2D eigenvalue weighted by atomic mass is 9.98. The van der Waals surface area contributed by atoms with Crippen molar-refractivity contribution in [2.24, 2.45) is 0 Å². The third kappa shape index (κ3) is 5.78. The first-order chi connectivity index (χ1) is 18.4. The molecule has 7 nitrogen and oxygen atoms in total. The van der Waals surface area contributed by atoms with Gasteiger partial charge in [-0.1, -0.05) is 35.9 Å². The van der Waals surface area contributed by atoms with Gasteiger partial charge in [-0.25, -0.2) is 0 Å². The van der Waals surface area contributed by atoms with Crippen LogP contribution >= 0.6 is 22.9 Å². The fourth-order valence-electron chi connectivity index (χ4n) is 5.09. The summed E-state index contributed by atoms with van der Waals surface area (Å²) in [7, 11) is 0. The molecule has 9 heteroatoms. The molecule has 38 heavy (non-hydrogen) atoms. The molecule has 4 N–H and O–H groups in total. The lowest BCUT2D eigenvalue weighted by Gasteiger charge is -2.29. The third-order valence-corrected chi connectivity index (χ3v) is 8.53. The van der Waals surface area contributed by atoms with Crippen LogP contribution in [0, 0.1) is 6.92 Å². The molecule has 0 amide bonds. The van der Waals surface area contributed by atoms with E-state index in [0.717, 1.165) is 44.7 Å². The van der Waals surface area contributed by atoms with E-state index in [1.807, 2.05) is 66.4 Å². The van der Waals surface area contributed by atoms with Gasteiger partial charge in [-0.2, -0.15) is 0 Å². The number of hydrogen-bond donors (Lipinski definition) is 4. The zero-order valence-corrected chi connectivity index (χ0v) is 22.8. The molecule has 1 aliphatic heterocycles. The summed E-state index contributed by atoms with van der Waals surface area (Å²) in [4.78, 5) is 26.8. The number of nitrogens with zero attached hydrogens (tertiary/aromatic N) is 1. The number of anilines is 2. The standard InChI is InChI=1S/C29H31ClN4O3S/c1-18-6-9-23(27-28(37)21-4-2-3-5-25(21)38-29(18)27)33-13-15-34(17-26(35)36)14-12-32-22-10-11-31-24-16-19(30)7-8-20(22)24/h2-9,16,22,31-33H,10-15,17H2,1H3,(H,35,36). The van der Waals surface area contributed by atoms with Gasteiger partial charge < -0.3 is 21.1 Å². The fourth-order valence-corrected chi connectivity index (χ4v) is 6.43. The number of aryl methyl sites for hydroxylation is 1. The molecule has 5 rings (SSSR count). The number of aliphatic carboxylic acids is 1. The third-order valence-electron chi connectivity index (χ3n) is 6.99. The molecule has 0 radical (unpaired) electrons. The van der Waals surface area contributed by atoms with Gasteiger partial charge in [0.05, 0.1) is 11.9 Å². The summed E-state index contributed by atoms with van der Waals surface area (Å²) >= 11 is 7.77. The smallest absolute Gasteiger partial charge is 0.317 e. The second kappa shape index (κ2) is 11.7. The lowest BCUT2D eigenvalue weighted by Crippen LogP contribution is -2.40. The van der Waals surface area contributed by atoms with Crippen LogP contribution in [0.4, 0.5) is 11.4 Å². The van der Waals surface area contributed by atoms with Crippen LogP contribution in [-0.2, 0) is 4.79 Å². The summed E-state index contributed by atoms with van der Waals surface area (Å²) < 4.78 is 1.96. The zero-order chi connectivity index (χ0) is 26.6. The largest absolute Gasteiger partial charge is 0.480 e. The van der Waals surface area contributed by atoms with Crippen molar-refractivity contribution in [3.8, 4) is 0 Å². The van der Waals surface area contributed by atoms with E-state index in [1.165, 1.54) is 5.56 Å². The molecular formula is C29H31ClN4O3S. The summed E-state index contributed by atoms with van der Waals surface area (Å²) in [6.45, 7) is 5.14. The second-order valence-corrected chi connectivity index (χ2v) is 11.1. The molecule has 3 aromatic carbocycles. The van der Waals surface area contributed by atoms with E-state index in [1.54, 1.807) is 11.3 Å². The van der Waals surface area contributed by atoms with E-state index < -0.39 is 5.97 Å². The monoisotopic (exact) mass is 550 g/mol. The molecule has 0 spiro atoms. The number of carbonyl (C=O) groups is 1. The van der Waals surface area contributed by atoms with Crippen molar-refractivity contribution < 1.29 is 9.90 Å². The molecule has 0 saturated carbocycles. The minimum Gasteiger partial charge on any atom is -0.480 e. The van der Waals surface area contributed by atoms with Crippen LogP contribution in [0.1, 0.15) is 23.6 Å². The molecule has 0 fully saturated rings. The van der Waals surface area contributed by atoms with Crippen LogP contribution in [-0.4, -0.2) is 55.2 Å². The number of carboxylic acids is 1. The SMILES string of the molecule is Cc1ccc(NCCN(CCNC2CCNc3cc(Cl)ccc32)CC(=O)O)c2c(=O)c3ccccc3sc12. The van der Waals surface area contributed by atoms with E-state index in [9.17, 15) is 14.7 Å². The molecule has 0 bridgehead atoms. The molecule has 2 heterocycles. The van der Waals surface area contributed by atoms with Gasteiger partial charge in [-0.15, -0.1) is 11.3 Å². The van der Waals surface area contributed by atoms with Gasteiger partial charge in [0.25, 0.3) is 0 Å². The quantitative estimate of drug-likeness (QED) is 0.198. The topological polar surface area (TPSA) is 93.7 Å². The zero-order valence-electron chi connectivity index (χ0n) is 21.2. The predicted octanol–water partition coefficient (Wildman–Crippen LogP) is 5.32. The fraction of sp³-hybridized carbons (Fsp3) is 0.310. The highest BCUT2D eigenvalue weighted by atomic mass is 35.5. The Balaban J connectivity index is 1.25. The Hall–Kier alpha value is -3.17.